The molecule has 0 unspecified atom stereocenters. The van der Waals surface area contributed by atoms with Crippen LogP contribution in [0.15, 0.2) is 30.3 Å². The Kier molecular flexibility index (Phi) is 5.33. The van der Waals surface area contributed by atoms with E-state index in [1.807, 2.05) is 13.8 Å². The summed E-state index contributed by atoms with van der Waals surface area (Å²) < 4.78 is 0. The summed E-state index contributed by atoms with van der Waals surface area (Å²) in [7, 11) is 0. The Morgan fingerprint density at radius 2 is 1.64 bits per heavy atom. The van der Waals surface area contributed by atoms with E-state index in [1.165, 1.54) is 5.56 Å². The fourth-order valence-electron chi connectivity index (χ4n) is 2.41. The molecule has 116 valence electrons. The second-order valence-corrected chi connectivity index (χ2v) is 6.12. The summed E-state index contributed by atoms with van der Waals surface area (Å²) in [5.74, 6) is -0.141. The number of aryl methyl sites for hydroxylation is 3. The van der Waals surface area contributed by atoms with Crippen molar-refractivity contribution < 1.29 is 4.79 Å². The number of hydrogen-bond donors (Lipinski definition) is 2. The Morgan fingerprint density at radius 1 is 1.00 bits per heavy atom. The van der Waals surface area contributed by atoms with Crippen LogP contribution in [0.4, 0.5) is 11.4 Å². The third kappa shape index (κ3) is 4.15. The fourth-order valence-corrected chi connectivity index (χ4v) is 2.70. The number of anilines is 2. The van der Waals surface area contributed by atoms with Crippen LogP contribution in [0.3, 0.4) is 0 Å². The average molecular weight is 337 g/mol. The SMILES string of the molecule is Cc1cc(C)c(NCC(=O)Nc2ccc(Cl)c(Cl)c2)c(C)c1. The van der Waals surface area contributed by atoms with Gasteiger partial charge >= 0.3 is 0 Å². The number of hydrogen-bond acceptors (Lipinski definition) is 2. The molecular formula is C17H18Cl2N2O. The minimum absolute atomic E-state index is 0.141. The van der Waals surface area contributed by atoms with Crippen molar-refractivity contribution in [3.05, 3.63) is 57.1 Å². The van der Waals surface area contributed by atoms with Crippen LogP contribution in [0, 0.1) is 20.8 Å². The van der Waals surface area contributed by atoms with Crippen LogP contribution in [-0.4, -0.2) is 12.5 Å². The maximum absolute atomic E-state index is 12.0. The molecule has 0 atom stereocenters. The summed E-state index contributed by atoms with van der Waals surface area (Å²) in [5, 5.41) is 6.85. The summed E-state index contributed by atoms with van der Waals surface area (Å²) in [6, 6.07) is 9.18. The van der Waals surface area contributed by atoms with Crippen LogP contribution >= 0.6 is 23.2 Å². The Morgan fingerprint density at radius 3 is 2.23 bits per heavy atom. The molecule has 0 aliphatic heterocycles. The predicted octanol–water partition coefficient (Wildman–Crippen LogP) is 4.97. The lowest BCUT2D eigenvalue weighted by atomic mass is 10.1. The normalized spacial score (nSPS) is 10.4. The van der Waals surface area contributed by atoms with Gasteiger partial charge in [0.2, 0.25) is 5.91 Å². The summed E-state index contributed by atoms with van der Waals surface area (Å²) in [6.07, 6.45) is 0. The number of carbonyl (C=O) groups is 1. The van der Waals surface area contributed by atoms with Gasteiger partial charge in [-0.25, -0.2) is 0 Å². The van der Waals surface area contributed by atoms with Crippen LogP contribution in [0.1, 0.15) is 16.7 Å². The lowest BCUT2D eigenvalue weighted by Crippen LogP contribution is -2.22. The number of nitrogens with one attached hydrogen (secondary N) is 2. The zero-order valence-electron chi connectivity index (χ0n) is 12.8. The second-order valence-electron chi connectivity index (χ2n) is 5.30. The highest BCUT2D eigenvalue weighted by Gasteiger charge is 2.07. The number of benzene rings is 2. The number of rotatable bonds is 4. The largest absolute Gasteiger partial charge is 0.376 e. The summed E-state index contributed by atoms with van der Waals surface area (Å²) in [5.41, 5.74) is 5.08. The van der Waals surface area contributed by atoms with Crippen LogP contribution in [0.2, 0.25) is 10.0 Å². The van der Waals surface area contributed by atoms with E-state index in [-0.39, 0.29) is 12.5 Å². The molecular weight excluding hydrogens is 319 g/mol. The van der Waals surface area contributed by atoms with Crippen LogP contribution < -0.4 is 10.6 Å². The summed E-state index contributed by atoms with van der Waals surface area (Å²) >= 11 is 11.8. The second kappa shape index (κ2) is 7.03. The highest BCUT2D eigenvalue weighted by Crippen LogP contribution is 2.25. The third-order valence-electron chi connectivity index (χ3n) is 3.31. The van der Waals surface area contributed by atoms with Gasteiger partial charge in [-0.2, -0.15) is 0 Å². The van der Waals surface area contributed by atoms with Crippen LogP contribution in [0.25, 0.3) is 0 Å². The van der Waals surface area contributed by atoms with E-state index < -0.39 is 0 Å². The monoisotopic (exact) mass is 336 g/mol. The first-order chi connectivity index (χ1) is 10.4. The molecule has 0 saturated carbocycles. The minimum atomic E-state index is -0.141. The van der Waals surface area contributed by atoms with Crippen molar-refractivity contribution in [2.75, 3.05) is 17.2 Å². The first-order valence-electron chi connectivity index (χ1n) is 6.93. The van der Waals surface area contributed by atoms with Gasteiger partial charge in [-0.15, -0.1) is 0 Å². The lowest BCUT2D eigenvalue weighted by Gasteiger charge is -2.14. The van der Waals surface area contributed by atoms with Gasteiger partial charge in [-0.3, -0.25) is 4.79 Å². The molecule has 2 aromatic rings. The molecule has 0 saturated heterocycles. The molecule has 2 rings (SSSR count). The highest BCUT2D eigenvalue weighted by atomic mass is 35.5. The Labute approximate surface area is 140 Å². The van der Waals surface area contributed by atoms with E-state index in [0.717, 1.165) is 16.8 Å². The quantitative estimate of drug-likeness (QED) is 0.827. The van der Waals surface area contributed by atoms with Gasteiger partial charge in [0.1, 0.15) is 0 Å². The van der Waals surface area contributed by atoms with E-state index in [9.17, 15) is 4.79 Å². The van der Waals surface area contributed by atoms with Crippen molar-refractivity contribution >= 4 is 40.5 Å². The molecule has 0 spiro atoms. The molecule has 1 amide bonds. The van der Waals surface area contributed by atoms with Gasteiger partial charge in [0.05, 0.1) is 16.6 Å². The van der Waals surface area contributed by atoms with E-state index in [2.05, 4.69) is 29.7 Å². The van der Waals surface area contributed by atoms with E-state index in [0.29, 0.717) is 15.7 Å². The molecule has 3 nitrogen and oxygen atoms in total. The first-order valence-corrected chi connectivity index (χ1v) is 7.69. The molecule has 0 radical (unpaired) electrons. The standard InChI is InChI=1S/C17H18Cl2N2O/c1-10-6-11(2)17(12(3)7-10)20-9-16(22)21-13-4-5-14(18)15(19)8-13/h4-8,20H,9H2,1-3H3,(H,21,22). The van der Waals surface area contributed by atoms with Crippen molar-refractivity contribution in [1.82, 2.24) is 0 Å². The van der Waals surface area contributed by atoms with Crippen molar-refractivity contribution in [3.8, 4) is 0 Å². The predicted molar refractivity (Wildman–Crippen MR) is 94.2 cm³/mol. The zero-order valence-corrected chi connectivity index (χ0v) is 14.3. The average Bonchev–Trinajstić information content (AvgIpc) is 2.41. The molecule has 2 aromatic carbocycles. The van der Waals surface area contributed by atoms with Crippen molar-refractivity contribution in [1.29, 1.82) is 0 Å². The molecule has 0 aliphatic carbocycles. The van der Waals surface area contributed by atoms with Crippen molar-refractivity contribution in [3.63, 3.8) is 0 Å². The summed E-state index contributed by atoms with van der Waals surface area (Å²) in [6.45, 7) is 6.30. The molecule has 5 heteroatoms. The van der Waals surface area contributed by atoms with Gasteiger partial charge in [0, 0.05) is 11.4 Å². The lowest BCUT2D eigenvalue weighted by molar-refractivity contribution is -0.114. The highest BCUT2D eigenvalue weighted by molar-refractivity contribution is 6.42. The number of amides is 1. The molecule has 0 fully saturated rings. The first kappa shape index (κ1) is 16.7. The minimum Gasteiger partial charge on any atom is -0.376 e. The van der Waals surface area contributed by atoms with E-state index in [4.69, 9.17) is 23.2 Å². The number of carbonyl (C=O) groups excluding carboxylic acids is 1. The van der Waals surface area contributed by atoms with Gasteiger partial charge in [-0.1, -0.05) is 40.9 Å². The maximum atomic E-state index is 12.0. The molecule has 0 bridgehead atoms. The smallest absolute Gasteiger partial charge is 0.243 e. The van der Waals surface area contributed by atoms with E-state index >= 15 is 0 Å². The number of halogens is 2. The zero-order chi connectivity index (χ0) is 16.3. The molecule has 0 heterocycles. The topological polar surface area (TPSA) is 41.1 Å². The van der Waals surface area contributed by atoms with Crippen LogP contribution in [0.5, 0.6) is 0 Å². The summed E-state index contributed by atoms with van der Waals surface area (Å²) in [4.78, 5) is 12.0. The van der Waals surface area contributed by atoms with Crippen molar-refractivity contribution in [2.45, 2.75) is 20.8 Å². The van der Waals surface area contributed by atoms with Gasteiger partial charge < -0.3 is 10.6 Å². The molecule has 0 aromatic heterocycles. The molecule has 22 heavy (non-hydrogen) atoms. The Bertz CT molecular complexity index is 691. The molecule has 2 N–H and O–H groups in total. The maximum Gasteiger partial charge on any atom is 0.243 e. The van der Waals surface area contributed by atoms with Crippen molar-refractivity contribution in [2.24, 2.45) is 0 Å². The van der Waals surface area contributed by atoms with E-state index in [1.54, 1.807) is 18.2 Å². The third-order valence-corrected chi connectivity index (χ3v) is 4.05. The van der Waals surface area contributed by atoms with Crippen LogP contribution in [-0.2, 0) is 4.79 Å². The van der Waals surface area contributed by atoms with Gasteiger partial charge in [0.25, 0.3) is 0 Å². The van der Waals surface area contributed by atoms with Gasteiger partial charge in [-0.05, 0) is 50.1 Å². The Balaban J connectivity index is 2.00. The Hall–Kier alpha value is -1.71. The van der Waals surface area contributed by atoms with Gasteiger partial charge in [0.15, 0.2) is 0 Å². The fraction of sp³-hybridized carbons (Fsp3) is 0.235. The molecule has 0 aliphatic rings.